The maximum Gasteiger partial charge on any atom is 0.262 e. The zero-order valence-corrected chi connectivity index (χ0v) is 17.9. The lowest BCUT2D eigenvalue weighted by atomic mass is 10.1. The van der Waals surface area contributed by atoms with E-state index in [2.05, 4.69) is 20.5 Å². The highest BCUT2D eigenvalue weighted by molar-refractivity contribution is 7.17. The maximum absolute atomic E-state index is 13.1. The Bertz CT molecular complexity index is 1300. The van der Waals surface area contributed by atoms with Crippen LogP contribution in [-0.4, -0.2) is 30.2 Å². The average Bonchev–Trinajstić information content (AvgIpc) is 3.34. The van der Waals surface area contributed by atoms with Crippen LogP contribution < -0.4 is 10.9 Å². The molecule has 1 aliphatic carbocycles. The topological polar surface area (TPSA) is 94.7 Å². The van der Waals surface area contributed by atoms with Gasteiger partial charge in [-0.1, -0.05) is 29.8 Å². The molecule has 3 aromatic heterocycles. The monoisotopic (exact) mass is 434 g/mol. The Kier molecular flexibility index (Phi) is 5.11. The summed E-state index contributed by atoms with van der Waals surface area (Å²) in [5.41, 5.74) is 2.92. The van der Waals surface area contributed by atoms with E-state index >= 15 is 0 Å². The van der Waals surface area contributed by atoms with E-state index in [1.165, 1.54) is 27.8 Å². The van der Waals surface area contributed by atoms with Gasteiger partial charge < -0.3 is 9.88 Å². The predicted octanol–water partition coefficient (Wildman–Crippen LogP) is 3.07. The molecule has 1 fully saturated rings. The zero-order chi connectivity index (χ0) is 21.4. The van der Waals surface area contributed by atoms with Crippen molar-refractivity contribution in [3.8, 4) is 11.1 Å². The molecule has 0 unspecified atom stereocenters. The Morgan fingerprint density at radius 3 is 2.81 bits per heavy atom. The van der Waals surface area contributed by atoms with Crippen molar-refractivity contribution in [3.05, 3.63) is 64.0 Å². The molecule has 0 bridgehead atoms. The molecule has 0 radical (unpaired) electrons. The van der Waals surface area contributed by atoms with Crippen LogP contribution in [0.4, 0.5) is 0 Å². The number of fused-ring (bicyclic) bond motifs is 1. The van der Waals surface area contributed by atoms with Crippen LogP contribution in [0, 0.1) is 6.92 Å². The average molecular weight is 435 g/mol. The molecule has 0 aliphatic heterocycles. The van der Waals surface area contributed by atoms with Gasteiger partial charge in [-0.3, -0.25) is 14.2 Å². The van der Waals surface area contributed by atoms with Crippen LogP contribution in [0.25, 0.3) is 21.3 Å². The van der Waals surface area contributed by atoms with Crippen molar-refractivity contribution < 1.29 is 4.79 Å². The number of aromatic nitrogens is 5. The number of carbonyl (C=O) groups excluding carboxylic acids is 1. The summed E-state index contributed by atoms with van der Waals surface area (Å²) in [6, 6.07) is 8.55. The van der Waals surface area contributed by atoms with Gasteiger partial charge in [0, 0.05) is 30.0 Å². The molecular formula is C22H22N6O2S. The SMILES string of the molecule is Cc1ccc(-c2csc3ncn(CCC(=O)NCc4nncn4C4CC4)c(=O)c23)cc1. The summed E-state index contributed by atoms with van der Waals surface area (Å²) < 4.78 is 3.53. The Morgan fingerprint density at radius 2 is 2.03 bits per heavy atom. The summed E-state index contributed by atoms with van der Waals surface area (Å²) in [5, 5.41) is 13.5. The Labute approximate surface area is 182 Å². The first-order chi connectivity index (χ1) is 15.1. The van der Waals surface area contributed by atoms with Crippen molar-refractivity contribution in [2.45, 2.75) is 45.3 Å². The van der Waals surface area contributed by atoms with Crippen molar-refractivity contribution in [1.82, 2.24) is 29.6 Å². The van der Waals surface area contributed by atoms with Crippen molar-refractivity contribution >= 4 is 27.5 Å². The fourth-order valence-electron chi connectivity index (χ4n) is 3.61. The van der Waals surface area contributed by atoms with E-state index in [0.29, 0.717) is 22.8 Å². The first kappa shape index (κ1) is 19.6. The Hall–Kier alpha value is -3.33. The second-order valence-electron chi connectivity index (χ2n) is 7.85. The van der Waals surface area contributed by atoms with Crippen LogP contribution in [0.15, 0.2) is 47.1 Å². The van der Waals surface area contributed by atoms with Gasteiger partial charge in [0.2, 0.25) is 5.91 Å². The summed E-state index contributed by atoms with van der Waals surface area (Å²) in [4.78, 5) is 30.6. The number of aryl methyl sites for hydroxylation is 2. The van der Waals surface area contributed by atoms with Gasteiger partial charge in [0.05, 0.1) is 18.3 Å². The molecule has 8 nitrogen and oxygen atoms in total. The first-order valence-electron chi connectivity index (χ1n) is 10.3. The van der Waals surface area contributed by atoms with E-state index < -0.39 is 0 Å². The molecule has 0 saturated heterocycles. The van der Waals surface area contributed by atoms with Crippen LogP contribution >= 0.6 is 11.3 Å². The molecule has 4 aromatic rings. The molecule has 1 N–H and O–H groups in total. The molecule has 1 aliphatic rings. The number of hydrogen-bond donors (Lipinski definition) is 1. The fourth-order valence-corrected chi connectivity index (χ4v) is 4.52. The van der Waals surface area contributed by atoms with Crippen molar-refractivity contribution in [1.29, 1.82) is 0 Å². The van der Waals surface area contributed by atoms with E-state index in [1.807, 2.05) is 41.1 Å². The predicted molar refractivity (Wildman–Crippen MR) is 119 cm³/mol. The van der Waals surface area contributed by atoms with Gasteiger partial charge in [0.15, 0.2) is 5.82 Å². The number of hydrogen-bond acceptors (Lipinski definition) is 6. The molecule has 158 valence electrons. The van der Waals surface area contributed by atoms with E-state index in [-0.39, 0.29) is 24.4 Å². The van der Waals surface area contributed by atoms with Gasteiger partial charge in [0.1, 0.15) is 11.2 Å². The minimum absolute atomic E-state index is 0.122. The molecule has 1 aromatic carbocycles. The van der Waals surface area contributed by atoms with Crippen LogP contribution in [-0.2, 0) is 17.9 Å². The number of thiophene rings is 1. The summed E-state index contributed by atoms with van der Waals surface area (Å²) in [7, 11) is 0. The minimum Gasteiger partial charge on any atom is -0.349 e. The molecule has 5 rings (SSSR count). The lowest BCUT2D eigenvalue weighted by Gasteiger charge is -2.08. The van der Waals surface area contributed by atoms with Crippen LogP contribution in [0.1, 0.15) is 36.7 Å². The highest BCUT2D eigenvalue weighted by atomic mass is 32.1. The third-order valence-electron chi connectivity index (χ3n) is 5.53. The smallest absolute Gasteiger partial charge is 0.262 e. The van der Waals surface area contributed by atoms with E-state index in [9.17, 15) is 9.59 Å². The van der Waals surface area contributed by atoms with Gasteiger partial charge >= 0.3 is 0 Å². The standard InChI is InChI=1S/C22H22N6O2S/c1-14-2-4-15(5-3-14)17-11-31-21-20(17)22(30)27(12-24-21)9-8-19(29)23-10-18-26-25-13-28(18)16-6-7-16/h2-5,11-13,16H,6-10H2,1H3,(H,23,29). The van der Waals surface area contributed by atoms with Gasteiger partial charge in [-0.2, -0.15) is 0 Å². The highest BCUT2D eigenvalue weighted by Crippen LogP contribution is 2.35. The number of amides is 1. The number of nitrogens with zero attached hydrogens (tertiary/aromatic N) is 5. The van der Waals surface area contributed by atoms with E-state index in [0.717, 1.165) is 29.8 Å². The zero-order valence-electron chi connectivity index (χ0n) is 17.1. The molecule has 31 heavy (non-hydrogen) atoms. The summed E-state index contributed by atoms with van der Waals surface area (Å²) in [6.07, 6.45) is 5.69. The molecule has 0 spiro atoms. The highest BCUT2D eigenvalue weighted by Gasteiger charge is 2.26. The summed E-state index contributed by atoms with van der Waals surface area (Å²) in [6.45, 7) is 2.64. The largest absolute Gasteiger partial charge is 0.349 e. The third kappa shape index (κ3) is 4.00. The molecule has 1 saturated carbocycles. The lowest BCUT2D eigenvalue weighted by molar-refractivity contribution is -0.121. The van der Waals surface area contributed by atoms with Crippen molar-refractivity contribution in [2.24, 2.45) is 0 Å². The van der Waals surface area contributed by atoms with Gasteiger partial charge in [0.25, 0.3) is 5.56 Å². The second kappa shape index (κ2) is 8.07. The number of carbonyl (C=O) groups is 1. The quantitative estimate of drug-likeness (QED) is 0.482. The molecule has 1 amide bonds. The number of benzene rings is 1. The molecule has 0 atom stereocenters. The van der Waals surface area contributed by atoms with E-state index in [1.54, 1.807) is 6.33 Å². The van der Waals surface area contributed by atoms with Crippen LogP contribution in [0.2, 0.25) is 0 Å². The van der Waals surface area contributed by atoms with Gasteiger partial charge in [-0.05, 0) is 25.3 Å². The number of nitrogens with one attached hydrogen (secondary N) is 1. The van der Waals surface area contributed by atoms with Crippen LogP contribution in [0.3, 0.4) is 0 Å². The van der Waals surface area contributed by atoms with Crippen molar-refractivity contribution in [2.75, 3.05) is 0 Å². The van der Waals surface area contributed by atoms with Crippen molar-refractivity contribution in [3.63, 3.8) is 0 Å². The molecule has 9 heteroatoms. The fraction of sp³-hybridized carbons (Fsp3) is 0.318. The normalized spacial score (nSPS) is 13.6. The van der Waals surface area contributed by atoms with E-state index in [4.69, 9.17) is 0 Å². The first-order valence-corrected chi connectivity index (χ1v) is 11.2. The maximum atomic E-state index is 13.1. The van der Waals surface area contributed by atoms with Crippen LogP contribution in [0.5, 0.6) is 0 Å². The summed E-state index contributed by atoms with van der Waals surface area (Å²) >= 11 is 1.46. The minimum atomic E-state index is -0.138. The Morgan fingerprint density at radius 1 is 1.23 bits per heavy atom. The van der Waals surface area contributed by atoms with Gasteiger partial charge in [-0.15, -0.1) is 21.5 Å². The Balaban J connectivity index is 1.29. The lowest BCUT2D eigenvalue weighted by Crippen LogP contribution is -2.28. The molecule has 3 heterocycles. The third-order valence-corrected chi connectivity index (χ3v) is 6.42. The van der Waals surface area contributed by atoms with Gasteiger partial charge in [-0.25, -0.2) is 4.98 Å². The summed E-state index contributed by atoms with van der Waals surface area (Å²) in [5.74, 6) is 0.624. The molecular weight excluding hydrogens is 412 g/mol. The second-order valence-corrected chi connectivity index (χ2v) is 8.71. The number of rotatable bonds is 7.